The van der Waals surface area contributed by atoms with E-state index in [1.807, 2.05) is 18.2 Å². The van der Waals surface area contributed by atoms with E-state index in [0.717, 1.165) is 36.0 Å². The normalized spacial score (nSPS) is 20.3. The lowest BCUT2D eigenvalue weighted by molar-refractivity contribution is -0.137. The molecule has 0 spiro atoms. The van der Waals surface area contributed by atoms with Gasteiger partial charge in [-0.15, -0.1) is 0 Å². The fourth-order valence-electron chi connectivity index (χ4n) is 2.41. The molecule has 0 radical (unpaired) electrons. The van der Waals surface area contributed by atoms with Crippen molar-refractivity contribution < 1.29 is 9.90 Å². The first-order valence-corrected chi connectivity index (χ1v) is 6.70. The smallest absolute Gasteiger partial charge is 0.305 e. The van der Waals surface area contributed by atoms with Crippen molar-refractivity contribution in [1.29, 1.82) is 0 Å². The highest BCUT2D eigenvalue weighted by atomic mass is 79.9. The standard InChI is InChI=1S/C13H16BrNO2/c14-10-4-3-6-11(8-10)15-7-2-1-5-12(15)9-13(16)17/h3-4,6,8,12H,1-2,5,7,9H2,(H,16,17). The molecule has 1 unspecified atom stereocenters. The van der Waals surface area contributed by atoms with Crippen LogP contribution < -0.4 is 4.90 Å². The van der Waals surface area contributed by atoms with Crippen LogP contribution in [0.3, 0.4) is 0 Å². The number of hydrogen-bond donors (Lipinski definition) is 1. The molecule has 1 aromatic rings. The zero-order valence-electron chi connectivity index (χ0n) is 9.60. The van der Waals surface area contributed by atoms with Crippen LogP contribution in [0.5, 0.6) is 0 Å². The first-order chi connectivity index (χ1) is 8.16. The highest BCUT2D eigenvalue weighted by Gasteiger charge is 2.24. The Labute approximate surface area is 110 Å². The van der Waals surface area contributed by atoms with E-state index < -0.39 is 5.97 Å². The maximum atomic E-state index is 10.9. The zero-order chi connectivity index (χ0) is 12.3. The molecule has 0 saturated carbocycles. The Morgan fingerprint density at radius 1 is 1.47 bits per heavy atom. The molecule has 1 heterocycles. The molecular weight excluding hydrogens is 282 g/mol. The zero-order valence-corrected chi connectivity index (χ0v) is 11.2. The molecule has 0 aliphatic carbocycles. The van der Waals surface area contributed by atoms with Crippen LogP contribution in [0.4, 0.5) is 5.69 Å². The van der Waals surface area contributed by atoms with Crippen molar-refractivity contribution in [2.24, 2.45) is 0 Å². The van der Waals surface area contributed by atoms with E-state index in [9.17, 15) is 4.79 Å². The topological polar surface area (TPSA) is 40.5 Å². The summed E-state index contributed by atoms with van der Waals surface area (Å²) in [5, 5.41) is 8.95. The predicted molar refractivity (Wildman–Crippen MR) is 71.4 cm³/mol. The van der Waals surface area contributed by atoms with Crippen LogP contribution in [0.2, 0.25) is 0 Å². The number of piperidine rings is 1. The molecule has 3 nitrogen and oxygen atoms in total. The molecule has 1 fully saturated rings. The maximum Gasteiger partial charge on any atom is 0.305 e. The van der Waals surface area contributed by atoms with Gasteiger partial charge in [-0.05, 0) is 37.5 Å². The fourth-order valence-corrected chi connectivity index (χ4v) is 2.80. The summed E-state index contributed by atoms with van der Waals surface area (Å²) in [4.78, 5) is 13.1. The van der Waals surface area contributed by atoms with Gasteiger partial charge in [-0.1, -0.05) is 22.0 Å². The maximum absolute atomic E-state index is 10.9. The summed E-state index contributed by atoms with van der Waals surface area (Å²) >= 11 is 3.46. The van der Waals surface area contributed by atoms with Crippen LogP contribution in [0.1, 0.15) is 25.7 Å². The van der Waals surface area contributed by atoms with Crippen molar-refractivity contribution in [1.82, 2.24) is 0 Å². The average Bonchev–Trinajstić information content (AvgIpc) is 2.29. The molecule has 92 valence electrons. The van der Waals surface area contributed by atoms with E-state index in [1.165, 1.54) is 0 Å². The molecule has 1 aliphatic heterocycles. The number of rotatable bonds is 3. The van der Waals surface area contributed by atoms with Gasteiger partial charge in [0.1, 0.15) is 0 Å². The van der Waals surface area contributed by atoms with Crippen LogP contribution in [0.25, 0.3) is 0 Å². The minimum absolute atomic E-state index is 0.135. The summed E-state index contributed by atoms with van der Waals surface area (Å²) in [6.45, 7) is 0.953. The molecule has 1 saturated heterocycles. The number of anilines is 1. The molecule has 0 amide bonds. The number of carbonyl (C=O) groups is 1. The monoisotopic (exact) mass is 297 g/mol. The number of aliphatic carboxylic acids is 1. The first-order valence-electron chi connectivity index (χ1n) is 5.91. The quantitative estimate of drug-likeness (QED) is 0.931. The van der Waals surface area contributed by atoms with Crippen LogP contribution >= 0.6 is 15.9 Å². The van der Waals surface area contributed by atoms with Gasteiger partial charge in [0.25, 0.3) is 0 Å². The van der Waals surface area contributed by atoms with Crippen LogP contribution in [-0.2, 0) is 4.79 Å². The van der Waals surface area contributed by atoms with Gasteiger partial charge in [-0.25, -0.2) is 0 Å². The van der Waals surface area contributed by atoms with E-state index in [0.29, 0.717) is 0 Å². The summed E-state index contributed by atoms with van der Waals surface area (Å²) in [6.07, 6.45) is 3.47. The van der Waals surface area contributed by atoms with Crippen molar-refractivity contribution in [3.05, 3.63) is 28.7 Å². The van der Waals surface area contributed by atoms with E-state index in [4.69, 9.17) is 5.11 Å². The molecule has 1 aliphatic rings. The van der Waals surface area contributed by atoms with Gasteiger partial charge >= 0.3 is 5.97 Å². The van der Waals surface area contributed by atoms with Crippen LogP contribution in [0, 0.1) is 0 Å². The fraction of sp³-hybridized carbons (Fsp3) is 0.462. The molecule has 0 aromatic heterocycles. The number of benzene rings is 1. The molecule has 4 heteroatoms. The second kappa shape index (κ2) is 5.54. The molecule has 0 bridgehead atoms. The third kappa shape index (κ3) is 3.22. The van der Waals surface area contributed by atoms with Gasteiger partial charge in [0, 0.05) is 22.7 Å². The summed E-state index contributed by atoms with van der Waals surface area (Å²) in [5.74, 6) is -0.711. The Hall–Kier alpha value is -1.03. The SMILES string of the molecule is O=C(O)CC1CCCCN1c1cccc(Br)c1. The minimum Gasteiger partial charge on any atom is -0.481 e. The molecule has 2 rings (SSSR count). The van der Waals surface area contributed by atoms with Crippen LogP contribution in [0.15, 0.2) is 28.7 Å². The van der Waals surface area contributed by atoms with Gasteiger partial charge in [-0.3, -0.25) is 4.79 Å². The predicted octanol–water partition coefficient (Wildman–Crippen LogP) is 3.28. The van der Waals surface area contributed by atoms with E-state index >= 15 is 0 Å². The number of hydrogen-bond acceptors (Lipinski definition) is 2. The Bertz CT molecular complexity index is 408. The van der Waals surface area contributed by atoms with Gasteiger partial charge in [0.15, 0.2) is 0 Å². The number of halogens is 1. The number of carboxylic acids is 1. The summed E-state index contributed by atoms with van der Waals surface area (Å²) in [7, 11) is 0. The van der Waals surface area contributed by atoms with Gasteiger partial charge in [0.2, 0.25) is 0 Å². The molecule has 1 N–H and O–H groups in total. The number of carboxylic acid groups (broad SMARTS) is 1. The van der Waals surface area contributed by atoms with Crippen molar-refractivity contribution in [2.75, 3.05) is 11.4 Å². The molecule has 1 aromatic carbocycles. The lowest BCUT2D eigenvalue weighted by Crippen LogP contribution is -2.40. The lowest BCUT2D eigenvalue weighted by Gasteiger charge is -2.37. The Balaban J connectivity index is 2.18. The van der Waals surface area contributed by atoms with Crippen molar-refractivity contribution in [3.8, 4) is 0 Å². The Kier molecular flexibility index (Phi) is 4.05. The Morgan fingerprint density at radius 3 is 3.00 bits per heavy atom. The van der Waals surface area contributed by atoms with E-state index in [2.05, 4.69) is 26.9 Å². The minimum atomic E-state index is -0.711. The van der Waals surface area contributed by atoms with Crippen molar-refractivity contribution in [3.63, 3.8) is 0 Å². The Morgan fingerprint density at radius 2 is 2.29 bits per heavy atom. The molecule has 1 atom stereocenters. The largest absolute Gasteiger partial charge is 0.481 e. The van der Waals surface area contributed by atoms with Crippen molar-refractivity contribution in [2.45, 2.75) is 31.7 Å². The van der Waals surface area contributed by atoms with Crippen LogP contribution in [-0.4, -0.2) is 23.7 Å². The first kappa shape index (κ1) is 12.4. The summed E-state index contributed by atoms with van der Waals surface area (Å²) in [5.41, 5.74) is 1.12. The third-order valence-corrected chi connectivity index (χ3v) is 3.67. The summed E-state index contributed by atoms with van der Waals surface area (Å²) in [6, 6.07) is 8.21. The highest BCUT2D eigenvalue weighted by molar-refractivity contribution is 9.10. The van der Waals surface area contributed by atoms with Gasteiger partial charge in [0.05, 0.1) is 6.42 Å². The average molecular weight is 298 g/mol. The van der Waals surface area contributed by atoms with Gasteiger partial charge in [-0.2, -0.15) is 0 Å². The van der Waals surface area contributed by atoms with E-state index in [-0.39, 0.29) is 12.5 Å². The third-order valence-electron chi connectivity index (χ3n) is 3.18. The second-order valence-corrected chi connectivity index (χ2v) is 5.34. The van der Waals surface area contributed by atoms with Gasteiger partial charge < -0.3 is 10.0 Å². The molecule has 17 heavy (non-hydrogen) atoms. The second-order valence-electron chi connectivity index (χ2n) is 4.42. The van der Waals surface area contributed by atoms with Crippen molar-refractivity contribution >= 4 is 27.6 Å². The highest BCUT2D eigenvalue weighted by Crippen LogP contribution is 2.28. The summed E-state index contributed by atoms with van der Waals surface area (Å²) < 4.78 is 1.04. The van der Waals surface area contributed by atoms with E-state index in [1.54, 1.807) is 0 Å². The molecular formula is C13H16BrNO2. The lowest BCUT2D eigenvalue weighted by atomic mass is 9.98. The number of nitrogens with zero attached hydrogens (tertiary/aromatic N) is 1.